The molecule has 0 spiro atoms. The zero-order valence-corrected chi connectivity index (χ0v) is 17.6. The number of carbonyl (C=O) groups excluding carboxylic acids is 1. The molecular formula is C22H27N3OS. The standard InChI is InChI=1S/C22H27N3OS/c1-21(2,3)18-14-19(22(4,5)6)25(24-18)16-11-9-15(10-12-16)23-20(26)17-8-7-13-27-17/h7-14H,1-6H3,(H,23,26). The number of nitrogens with one attached hydrogen (secondary N) is 1. The Bertz CT molecular complexity index is 924. The molecule has 1 amide bonds. The lowest BCUT2D eigenvalue weighted by molar-refractivity contribution is 0.103. The molecule has 0 unspecified atom stereocenters. The lowest BCUT2D eigenvalue weighted by Crippen LogP contribution is -2.17. The van der Waals surface area contributed by atoms with Crippen LogP contribution in [-0.4, -0.2) is 15.7 Å². The van der Waals surface area contributed by atoms with Gasteiger partial charge in [-0.3, -0.25) is 4.79 Å². The molecule has 1 aromatic carbocycles. The molecule has 5 heteroatoms. The second-order valence-corrected chi connectivity index (χ2v) is 9.75. The fraction of sp³-hybridized carbons (Fsp3) is 0.364. The van der Waals surface area contributed by atoms with Crippen LogP contribution < -0.4 is 5.32 Å². The highest BCUT2D eigenvalue weighted by atomic mass is 32.1. The second kappa shape index (κ2) is 6.97. The van der Waals surface area contributed by atoms with Crippen molar-refractivity contribution in [1.29, 1.82) is 0 Å². The van der Waals surface area contributed by atoms with E-state index in [2.05, 4.69) is 52.9 Å². The Balaban J connectivity index is 1.91. The van der Waals surface area contributed by atoms with Gasteiger partial charge in [0.05, 0.1) is 16.3 Å². The molecule has 0 aliphatic carbocycles. The molecule has 0 saturated heterocycles. The maximum atomic E-state index is 12.2. The van der Waals surface area contributed by atoms with Crippen molar-refractivity contribution in [1.82, 2.24) is 9.78 Å². The van der Waals surface area contributed by atoms with Gasteiger partial charge in [0, 0.05) is 22.2 Å². The van der Waals surface area contributed by atoms with Gasteiger partial charge in [0.15, 0.2) is 0 Å². The van der Waals surface area contributed by atoms with Crippen LogP contribution in [0.5, 0.6) is 0 Å². The SMILES string of the molecule is CC(C)(C)c1cc(C(C)(C)C)n(-c2ccc(NC(=O)c3cccs3)cc2)n1. The van der Waals surface area contributed by atoms with Gasteiger partial charge in [-0.1, -0.05) is 47.6 Å². The van der Waals surface area contributed by atoms with Crippen molar-refractivity contribution in [2.75, 3.05) is 5.32 Å². The number of nitrogens with zero attached hydrogens (tertiary/aromatic N) is 2. The van der Waals surface area contributed by atoms with E-state index in [9.17, 15) is 4.79 Å². The number of hydrogen-bond acceptors (Lipinski definition) is 3. The number of anilines is 1. The third-order valence-electron chi connectivity index (χ3n) is 4.36. The zero-order valence-electron chi connectivity index (χ0n) is 16.8. The lowest BCUT2D eigenvalue weighted by Gasteiger charge is -2.20. The van der Waals surface area contributed by atoms with Crippen LogP contribution in [0.2, 0.25) is 0 Å². The number of aromatic nitrogens is 2. The summed E-state index contributed by atoms with van der Waals surface area (Å²) in [4.78, 5) is 12.9. The lowest BCUT2D eigenvalue weighted by atomic mass is 9.88. The first-order chi connectivity index (χ1) is 12.6. The smallest absolute Gasteiger partial charge is 0.265 e. The molecule has 3 aromatic rings. The van der Waals surface area contributed by atoms with Crippen molar-refractivity contribution in [3.63, 3.8) is 0 Å². The summed E-state index contributed by atoms with van der Waals surface area (Å²) in [6.45, 7) is 13.1. The summed E-state index contributed by atoms with van der Waals surface area (Å²) >= 11 is 1.43. The molecular weight excluding hydrogens is 354 g/mol. The number of thiophene rings is 1. The first kappa shape index (κ1) is 19.4. The first-order valence-corrected chi connectivity index (χ1v) is 10.00. The minimum Gasteiger partial charge on any atom is -0.321 e. The summed E-state index contributed by atoms with van der Waals surface area (Å²) in [5.74, 6) is -0.0813. The van der Waals surface area contributed by atoms with Crippen LogP contribution in [0, 0.1) is 0 Å². The summed E-state index contributed by atoms with van der Waals surface area (Å²) in [6, 6.07) is 13.7. The Morgan fingerprint density at radius 1 is 1.00 bits per heavy atom. The van der Waals surface area contributed by atoms with Crippen molar-refractivity contribution < 1.29 is 4.79 Å². The van der Waals surface area contributed by atoms with Gasteiger partial charge in [-0.2, -0.15) is 5.10 Å². The highest BCUT2D eigenvalue weighted by molar-refractivity contribution is 7.12. The monoisotopic (exact) mass is 381 g/mol. The van der Waals surface area contributed by atoms with Crippen molar-refractivity contribution in [3.8, 4) is 5.69 Å². The number of benzene rings is 1. The molecule has 0 aliphatic rings. The minimum atomic E-state index is -0.0813. The molecule has 0 radical (unpaired) electrons. The molecule has 0 fully saturated rings. The molecule has 0 bridgehead atoms. The van der Waals surface area contributed by atoms with Crippen molar-refractivity contribution in [2.45, 2.75) is 52.4 Å². The van der Waals surface area contributed by atoms with E-state index >= 15 is 0 Å². The largest absolute Gasteiger partial charge is 0.321 e. The van der Waals surface area contributed by atoms with Crippen LogP contribution in [-0.2, 0) is 10.8 Å². The molecule has 0 atom stereocenters. The Morgan fingerprint density at radius 2 is 1.67 bits per heavy atom. The highest BCUT2D eigenvalue weighted by Crippen LogP contribution is 2.30. The summed E-state index contributed by atoms with van der Waals surface area (Å²) in [5.41, 5.74) is 3.97. The topological polar surface area (TPSA) is 46.9 Å². The Morgan fingerprint density at radius 3 is 2.19 bits per heavy atom. The van der Waals surface area contributed by atoms with E-state index in [-0.39, 0.29) is 16.7 Å². The first-order valence-electron chi connectivity index (χ1n) is 9.12. The summed E-state index contributed by atoms with van der Waals surface area (Å²) in [7, 11) is 0. The van der Waals surface area contributed by atoms with Crippen LogP contribution in [0.3, 0.4) is 0 Å². The molecule has 142 valence electrons. The molecule has 0 aliphatic heterocycles. The van der Waals surface area contributed by atoms with E-state index in [1.54, 1.807) is 0 Å². The van der Waals surface area contributed by atoms with Gasteiger partial charge in [-0.15, -0.1) is 11.3 Å². The number of amides is 1. The summed E-state index contributed by atoms with van der Waals surface area (Å²) < 4.78 is 2.02. The Hall–Kier alpha value is -2.40. The maximum Gasteiger partial charge on any atom is 0.265 e. The van der Waals surface area contributed by atoms with E-state index < -0.39 is 0 Å². The molecule has 27 heavy (non-hydrogen) atoms. The molecule has 0 saturated carbocycles. The van der Waals surface area contributed by atoms with Crippen LogP contribution in [0.1, 0.15) is 62.6 Å². The number of carbonyl (C=O) groups is 1. The van der Waals surface area contributed by atoms with E-state index in [1.807, 2.05) is 46.5 Å². The predicted molar refractivity (Wildman–Crippen MR) is 113 cm³/mol. The average Bonchev–Trinajstić information content (AvgIpc) is 3.24. The fourth-order valence-electron chi connectivity index (χ4n) is 2.77. The van der Waals surface area contributed by atoms with Crippen molar-refractivity contribution in [2.24, 2.45) is 0 Å². The third-order valence-corrected chi connectivity index (χ3v) is 5.23. The third kappa shape index (κ3) is 4.30. The number of rotatable bonds is 3. The van der Waals surface area contributed by atoms with Gasteiger partial charge in [-0.25, -0.2) is 4.68 Å². The molecule has 3 rings (SSSR count). The average molecular weight is 382 g/mol. The van der Waals surface area contributed by atoms with Gasteiger partial charge in [0.1, 0.15) is 0 Å². The fourth-order valence-corrected chi connectivity index (χ4v) is 3.38. The van der Waals surface area contributed by atoms with Gasteiger partial charge >= 0.3 is 0 Å². The normalized spacial score (nSPS) is 12.2. The summed E-state index contributed by atoms with van der Waals surface area (Å²) in [6.07, 6.45) is 0. The molecule has 4 nitrogen and oxygen atoms in total. The van der Waals surface area contributed by atoms with Gasteiger partial charge in [0.25, 0.3) is 5.91 Å². The highest BCUT2D eigenvalue weighted by Gasteiger charge is 2.26. The summed E-state index contributed by atoms with van der Waals surface area (Å²) in [5, 5.41) is 9.72. The molecule has 2 heterocycles. The Kier molecular flexibility index (Phi) is 5.00. The van der Waals surface area contributed by atoms with E-state index in [0.717, 1.165) is 17.1 Å². The Labute approximate surface area is 165 Å². The molecule has 1 N–H and O–H groups in total. The van der Waals surface area contributed by atoms with Crippen LogP contribution in [0.15, 0.2) is 47.8 Å². The number of hydrogen-bond donors (Lipinski definition) is 1. The van der Waals surface area contributed by atoms with Gasteiger partial charge in [0.2, 0.25) is 0 Å². The second-order valence-electron chi connectivity index (χ2n) is 8.80. The quantitative estimate of drug-likeness (QED) is 0.625. The van der Waals surface area contributed by atoms with E-state index in [0.29, 0.717) is 4.88 Å². The molecule has 2 aromatic heterocycles. The van der Waals surface area contributed by atoms with Crippen molar-refractivity contribution in [3.05, 3.63) is 64.1 Å². The van der Waals surface area contributed by atoms with Crippen LogP contribution >= 0.6 is 11.3 Å². The van der Waals surface area contributed by atoms with Crippen LogP contribution in [0.25, 0.3) is 5.69 Å². The van der Waals surface area contributed by atoms with Crippen molar-refractivity contribution >= 4 is 22.9 Å². The van der Waals surface area contributed by atoms with E-state index in [1.165, 1.54) is 17.0 Å². The van der Waals surface area contributed by atoms with Gasteiger partial charge in [-0.05, 0) is 41.8 Å². The maximum absolute atomic E-state index is 12.2. The zero-order chi connectivity index (χ0) is 19.8. The predicted octanol–water partition coefficient (Wildman–Crippen LogP) is 5.78. The minimum absolute atomic E-state index is 0.0140. The van der Waals surface area contributed by atoms with Gasteiger partial charge < -0.3 is 5.32 Å². The van der Waals surface area contributed by atoms with E-state index in [4.69, 9.17) is 5.10 Å². The van der Waals surface area contributed by atoms with Crippen LogP contribution in [0.4, 0.5) is 5.69 Å².